The molecule has 0 bridgehead atoms. The lowest BCUT2D eigenvalue weighted by Crippen LogP contribution is -2.44. The normalized spacial score (nSPS) is 16.2. The number of rotatable bonds is 7. The molecule has 5 rings (SSSR count). The lowest BCUT2D eigenvalue weighted by molar-refractivity contribution is 0.166. The van der Waals surface area contributed by atoms with Gasteiger partial charge < -0.3 is 14.8 Å². The van der Waals surface area contributed by atoms with E-state index in [-0.39, 0.29) is 5.82 Å². The largest absolute Gasteiger partial charge is 0.353 e. The third-order valence-corrected chi connectivity index (χ3v) is 6.77. The Bertz CT molecular complexity index is 1180. The number of piperidine rings is 1. The molecule has 1 atom stereocenters. The number of anilines is 1. The molecule has 0 spiro atoms. The van der Waals surface area contributed by atoms with Crippen molar-refractivity contribution in [2.24, 2.45) is 0 Å². The van der Waals surface area contributed by atoms with E-state index >= 15 is 0 Å². The van der Waals surface area contributed by atoms with E-state index in [1.54, 1.807) is 0 Å². The highest BCUT2D eigenvalue weighted by Gasteiger charge is 2.24. The summed E-state index contributed by atoms with van der Waals surface area (Å²) in [5.41, 5.74) is 4.54. The molecule has 3 aromatic carbocycles. The third kappa shape index (κ3) is 5.09. The zero-order valence-electron chi connectivity index (χ0n) is 19.1. The van der Waals surface area contributed by atoms with Gasteiger partial charge in [0.2, 0.25) is 5.95 Å². The summed E-state index contributed by atoms with van der Waals surface area (Å²) < 4.78 is 15.6. The van der Waals surface area contributed by atoms with Gasteiger partial charge >= 0.3 is 0 Å². The number of nitrogens with one attached hydrogen (secondary N) is 1. The van der Waals surface area contributed by atoms with E-state index in [0.29, 0.717) is 18.6 Å². The summed E-state index contributed by atoms with van der Waals surface area (Å²) in [5, 5.41) is 3.73. The van der Waals surface area contributed by atoms with Crippen molar-refractivity contribution in [3.05, 3.63) is 95.8 Å². The predicted molar refractivity (Wildman–Crippen MR) is 133 cm³/mol. The van der Waals surface area contributed by atoms with E-state index in [1.165, 1.54) is 17.7 Å². The van der Waals surface area contributed by atoms with Crippen molar-refractivity contribution >= 4 is 17.0 Å². The molecule has 1 saturated heterocycles. The molecule has 1 aliphatic heterocycles. The van der Waals surface area contributed by atoms with Crippen molar-refractivity contribution in [3.8, 4) is 0 Å². The number of fused-ring (bicyclic) bond motifs is 1. The molecule has 0 saturated carbocycles. The Morgan fingerprint density at radius 2 is 1.61 bits per heavy atom. The highest BCUT2D eigenvalue weighted by atomic mass is 19.1. The van der Waals surface area contributed by atoms with E-state index in [2.05, 4.69) is 64.2 Å². The van der Waals surface area contributed by atoms with Gasteiger partial charge in [0.05, 0.1) is 17.6 Å². The fourth-order valence-corrected chi connectivity index (χ4v) is 4.87. The molecule has 4 nitrogen and oxygen atoms in total. The van der Waals surface area contributed by atoms with E-state index in [0.717, 1.165) is 54.9 Å². The number of para-hydroxylation sites is 2. The summed E-state index contributed by atoms with van der Waals surface area (Å²) in [6, 6.07) is 26.7. The maximum Gasteiger partial charge on any atom is 0.204 e. The molecule has 1 N–H and O–H groups in total. The minimum Gasteiger partial charge on any atom is -0.353 e. The standard InChI is InChI=1S/C28H31FN4/c1-21(19-22-7-3-2-4-8-22)32-17-15-25(16-18-32)30-28-31-26-9-5-6-10-27(26)33(28)20-23-11-13-24(29)14-12-23/h2-14,21,25H,15-20H2,1H3,(H,30,31). The molecule has 1 fully saturated rings. The highest BCUT2D eigenvalue weighted by Crippen LogP contribution is 2.24. The average Bonchev–Trinajstić information content (AvgIpc) is 3.18. The van der Waals surface area contributed by atoms with Gasteiger partial charge in [-0.25, -0.2) is 9.37 Å². The van der Waals surface area contributed by atoms with Crippen LogP contribution in [-0.2, 0) is 13.0 Å². The number of aromatic nitrogens is 2. The van der Waals surface area contributed by atoms with Crippen LogP contribution in [0, 0.1) is 5.82 Å². The second-order valence-electron chi connectivity index (χ2n) is 9.13. The maximum atomic E-state index is 13.4. The first-order valence-corrected chi connectivity index (χ1v) is 11.9. The first-order chi connectivity index (χ1) is 16.2. The van der Waals surface area contributed by atoms with Crippen LogP contribution >= 0.6 is 0 Å². The Labute approximate surface area is 195 Å². The number of likely N-dealkylation sites (tertiary alicyclic amines) is 1. The minimum atomic E-state index is -0.208. The van der Waals surface area contributed by atoms with Crippen molar-refractivity contribution in [3.63, 3.8) is 0 Å². The van der Waals surface area contributed by atoms with Crippen LogP contribution in [0.2, 0.25) is 0 Å². The van der Waals surface area contributed by atoms with Gasteiger partial charge in [0.25, 0.3) is 0 Å². The molecule has 1 aromatic heterocycles. The molecule has 1 unspecified atom stereocenters. The lowest BCUT2D eigenvalue weighted by atomic mass is 10.0. The first-order valence-electron chi connectivity index (χ1n) is 11.9. The van der Waals surface area contributed by atoms with Crippen LogP contribution in [0.5, 0.6) is 0 Å². The Balaban J connectivity index is 1.26. The zero-order valence-corrected chi connectivity index (χ0v) is 19.1. The van der Waals surface area contributed by atoms with Crippen LogP contribution in [0.4, 0.5) is 10.3 Å². The fraction of sp³-hybridized carbons (Fsp3) is 0.321. The fourth-order valence-electron chi connectivity index (χ4n) is 4.87. The van der Waals surface area contributed by atoms with Crippen molar-refractivity contribution in [2.45, 2.75) is 44.8 Å². The third-order valence-electron chi connectivity index (χ3n) is 6.77. The molecule has 0 radical (unpaired) electrons. The SMILES string of the molecule is CC(Cc1ccccc1)N1CCC(Nc2nc3ccccc3n2Cc2ccc(F)cc2)CC1. The van der Waals surface area contributed by atoms with Gasteiger partial charge in [0, 0.05) is 25.2 Å². The van der Waals surface area contributed by atoms with Crippen molar-refractivity contribution in [1.29, 1.82) is 0 Å². The van der Waals surface area contributed by atoms with Crippen molar-refractivity contribution in [2.75, 3.05) is 18.4 Å². The predicted octanol–water partition coefficient (Wildman–Crippen LogP) is 5.73. The summed E-state index contributed by atoms with van der Waals surface area (Å²) in [7, 11) is 0. The molecule has 170 valence electrons. The summed E-state index contributed by atoms with van der Waals surface area (Å²) in [6.07, 6.45) is 3.28. The molecule has 0 amide bonds. The number of halogens is 1. The molecule has 4 aromatic rings. The van der Waals surface area contributed by atoms with Crippen LogP contribution in [0.3, 0.4) is 0 Å². The number of hydrogen-bond donors (Lipinski definition) is 1. The Hall–Kier alpha value is -3.18. The minimum absolute atomic E-state index is 0.208. The first kappa shape index (κ1) is 21.7. The van der Waals surface area contributed by atoms with Gasteiger partial charge in [0.1, 0.15) is 5.82 Å². The van der Waals surface area contributed by atoms with Crippen LogP contribution in [-0.4, -0.2) is 39.6 Å². The number of benzene rings is 3. The van der Waals surface area contributed by atoms with E-state index in [4.69, 9.17) is 4.98 Å². The second kappa shape index (κ2) is 9.75. The average molecular weight is 443 g/mol. The van der Waals surface area contributed by atoms with E-state index in [9.17, 15) is 4.39 Å². The molecular formula is C28H31FN4. The molecule has 33 heavy (non-hydrogen) atoms. The molecule has 0 aliphatic carbocycles. The monoisotopic (exact) mass is 442 g/mol. The van der Waals surface area contributed by atoms with Crippen molar-refractivity contribution < 1.29 is 4.39 Å². The maximum absolute atomic E-state index is 13.4. The van der Waals surface area contributed by atoms with Gasteiger partial charge in [-0.1, -0.05) is 54.6 Å². The summed E-state index contributed by atoms with van der Waals surface area (Å²) in [6.45, 7) is 5.17. The molecular weight excluding hydrogens is 411 g/mol. The van der Waals surface area contributed by atoms with Gasteiger partial charge in [-0.3, -0.25) is 0 Å². The van der Waals surface area contributed by atoms with Gasteiger partial charge in [0.15, 0.2) is 0 Å². The summed E-state index contributed by atoms with van der Waals surface area (Å²) in [5.74, 6) is 0.692. The van der Waals surface area contributed by atoms with Gasteiger partial charge in [-0.05, 0) is 61.6 Å². The Morgan fingerprint density at radius 3 is 2.36 bits per heavy atom. The Kier molecular flexibility index (Phi) is 6.40. The number of imidazole rings is 1. The van der Waals surface area contributed by atoms with Crippen LogP contribution < -0.4 is 5.32 Å². The van der Waals surface area contributed by atoms with E-state index in [1.807, 2.05) is 24.3 Å². The zero-order chi connectivity index (χ0) is 22.6. The number of nitrogens with zero attached hydrogens (tertiary/aromatic N) is 3. The summed E-state index contributed by atoms with van der Waals surface area (Å²) in [4.78, 5) is 7.50. The second-order valence-corrected chi connectivity index (χ2v) is 9.13. The summed E-state index contributed by atoms with van der Waals surface area (Å²) >= 11 is 0. The van der Waals surface area contributed by atoms with E-state index < -0.39 is 0 Å². The highest BCUT2D eigenvalue weighted by molar-refractivity contribution is 5.78. The molecule has 2 heterocycles. The van der Waals surface area contributed by atoms with Crippen LogP contribution in [0.1, 0.15) is 30.9 Å². The van der Waals surface area contributed by atoms with Gasteiger partial charge in [-0.2, -0.15) is 0 Å². The number of hydrogen-bond acceptors (Lipinski definition) is 3. The topological polar surface area (TPSA) is 33.1 Å². The Morgan fingerprint density at radius 1 is 0.909 bits per heavy atom. The molecule has 1 aliphatic rings. The van der Waals surface area contributed by atoms with Crippen molar-refractivity contribution in [1.82, 2.24) is 14.5 Å². The lowest BCUT2D eigenvalue weighted by Gasteiger charge is -2.36. The molecule has 5 heteroatoms. The quantitative estimate of drug-likeness (QED) is 0.397. The van der Waals surface area contributed by atoms with Crippen LogP contribution in [0.15, 0.2) is 78.9 Å². The van der Waals surface area contributed by atoms with Crippen LogP contribution in [0.25, 0.3) is 11.0 Å². The smallest absolute Gasteiger partial charge is 0.204 e. The van der Waals surface area contributed by atoms with Gasteiger partial charge in [-0.15, -0.1) is 0 Å².